The van der Waals surface area contributed by atoms with Gasteiger partial charge in [0.2, 0.25) is 0 Å². The molecule has 1 aromatic carbocycles. The van der Waals surface area contributed by atoms with E-state index in [1.807, 2.05) is 12.3 Å². The maximum Gasteiger partial charge on any atom is 0.264 e. The number of halogens is 2. The molecule has 1 amide bonds. The molecule has 0 saturated heterocycles. The molecular weight excluding hydrogens is 323 g/mol. The van der Waals surface area contributed by atoms with E-state index in [1.165, 1.54) is 23.5 Å². The maximum absolute atomic E-state index is 11.9. The van der Waals surface area contributed by atoms with Crippen molar-refractivity contribution in [2.75, 3.05) is 6.26 Å². The van der Waals surface area contributed by atoms with Crippen LogP contribution in [-0.4, -0.2) is 12.2 Å². The van der Waals surface area contributed by atoms with Gasteiger partial charge >= 0.3 is 0 Å². The summed E-state index contributed by atoms with van der Waals surface area (Å²) in [5.41, 5.74) is 0.796. The topological polar surface area (TPSA) is 52.9 Å². The Hall–Kier alpha value is -0.800. The van der Waals surface area contributed by atoms with Gasteiger partial charge in [-0.05, 0) is 18.4 Å². The number of nitriles is 1. The van der Waals surface area contributed by atoms with Crippen LogP contribution in [0.25, 0.3) is 0 Å². The number of nitrogens with one attached hydrogen (secondary N) is 1. The van der Waals surface area contributed by atoms with Crippen LogP contribution in [0.15, 0.2) is 28.0 Å². The Kier molecular flexibility index (Phi) is 4.69. The molecule has 0 fully saturated rings. The highest BCUT2D eigenvalue weighted by Crippen LogP contribution is 2.46. The van der Waals surface area contributed by atoms with Gasteiger partial charge in [0.1, 0.15) is 17.0 Å². The first-order valence-corrected chi connectivity index (χ1v) is 8.04. The summed E-state index contributed by atoms with van der Waals surface area (Å²) >= 11 is 15.0. The normalized spacial score (nSPS) is 19.1. The van der Waals surface area contributed by atoms with Gasteiger partial charge in [-0.2, -0.15) is 5.26 Å². The van der Waals surface area contributed by atoms with E-state index < -0.39 is 5.91 Å². The molecule has 2 rings (SSSR count). The van der Waals surface area contributed by atoms with Gasteiger partial charge in [-0.15, -0.1) is 11.8 Å². The van der Waals surface area contributed by atoms with E-state index in [1.54, 1.807) is 18.2 Å². The molecule has 98 valence electrons. The summed E-state index contributed by atoms with van der Waals surface area (Å²) in [5, 5.41) is 12.3. The highest BCUT2D eigenvalue weighted by molar-refractivity contribution is 8.22. The summed E-state index contributed by atoms with van der Waals surface area (Å²) in [6.07, 6.45) is 1.82. The number of carbonyl (C=O) groups excluding carboxylic acids is 1. The summed E-state index contributed by atoms with van der Waals surface area (Å²) < 4.78 is 0.673. The Morgan fingerprint density at radius 2 is 2.05 bits per heavy atom. The SMILES string of the molecule is CSC1=C(C#N)C(=O)NC(c2c(Cl)cccc2Cl)S1. The first-order chi connectivity index (χ1) is 9.08. The molecule has 1 heterocycles. The van der Waals surface area contributed by atoms with Crippen LogP contribution in [0.2, 0.25) is 10.0 Å². The molecule has 0 bridgehead atoms. The molecule has 0 spiro atoms. The second kappa shape index (κ2) is 6.10. The Labute approximate surface area is 129 Å². The maximum atomic E-state index is 11.9. The zero-order valence-corrected chi connectivity index (χ0v) is 12.9. The molecule has 1 aliphatic heterocycles. The van der Waals surface area contributed by atoms with Crippen molar-refractivity contribution in [3.8, 4) is 6.07 Å². The minimum Gasteiger partial charge on any atom is -0.335 e. The van der Waals surface area contributed by atoms with E-state index in [0.717, 1.165) is 0 Å². The smallest absolute Gasteiger partial charge is 0.264 e. The van der Waals surface area contributed by atoms with E-state index >= 15 is 0 Å². The average molecular weight is 331 g/mol. The molecule has 0 radical (unpaired) electrons. The lowest BCUT2D eigenvalue weighted by Crippen LogP contribution is -2.31. The summed E-state index contributed by atoms with van der Waals surface area (Å²) in [6.45, 7) is 0. The number of rotatable bonds is 2. The fourth-order valence-corrected chi connectivity index (χ4v) is 4.39. The van der Waals surface area contributed by atoms with Crippen LogP contribution in [0.4, 0.5) is 0 Å². The highest BCUT2D eigenvalue weighted by atomic mass is 35.5. The van der Waals surface area contributed by atoms with Gasteiger partial charge in [-0.3, -0.25) is 4.79 Å². The average Bonchev–Trinajstić information content (AvgIpc) is 2.37. The van der Waals surface area contributed by atoms with Crippen LogP contribution >= 0.6 is 46.7 Å². The Morgan fingerprint density at radius 1 is 1.42 bits per heavy atom. The zero-order valence-electron chi connectivity index (χ0n) is 9.74. The molecule has 1 aliphatic rings. The minimum absolute atomic E-state index is 0.136. The van der Waals surface area contributed by atoms with Gasteiger partial charge in [0.15, 0.2) is 0 Å². The molecule has 3 nitrogen and oxygen atoms in total. The van der Waals surface area contributed by atoms with Gasteiger partial charge in [-0.25, -0.2) is 0 Å². The van der Waals surface area contributed by atoms with Crippen molar-refractivity contribution in [3.63, 3.8) is 0 Å². The third kappa shape index (κ3) is 2.87. The summed E-state index contributed by atoms with van der Waals surface area (Å²) in [7, 11) is 0. The lowest BCUT2D eigenvalue weighted by molar-refractivity contribution is -0.117. The van der Waals surface area contributed by atoms with E-state index in [4.69, 9.17) is 28.5 Å². The Balaban J connectivity index is 2.44. The molecule has 7 heteroatoms. The third-order valence-corrected chi connectivity index (χ3v) is 5.51. The quantitative estimate of drug-likeness (QED) is 0.891. The van der Waals surface area contributed by atoms with Gasteiger partial charge in [0.25, 0.3) is 5.91 Å². The Bertz CT molecular complexity index is 590. The number of hydrogen-bond acceptors (Lipinski definition) is 4. The van der Waals surface area contributed by atoms with Crippen molar-refractivity contribution >= 4 is 52.6 Å². The zero-order chi connectivity index (χ0) is 14.0. The number of benzene rings is 1. The van der Waals surface area contributed by atoms with Crippen LogP contribution < -0.4 is 5.32 Å². The van der Waals surface area contributed by atoms with Crippen molar-refractivity contribution in [3.05, 3.63) is 43.6 Å². The molecule has 0 aromatic heterocycles. The van der Waals surface area contributed by atoms with Crippen LogP contribution in [-0.2, 0) is 4.79 Å². The second-order valence-corrected chi connectivity index (χ2v) is 6.59. The number of hydrogen-bond donors (Lipinski definition) is 1. The predicted molar refractivity (Wildman–Crippen MR) is 81.1 cm³/mol. The number of nitrogens with zero attached hydrogens (tertiary/aromatic N) is 1. The fraction of sp³-hybridized carbons (Fsp3) is 0.167. The first kappa shape index (κ1) is 14.6. The van der Waals surface area contributed by atoms with Crippen LogP contribution in [0.5, 0.6) is 0 Å². The molecule has 1 aromatic rings. The van der Waals surface area contributed by atoms with Crippen molar-refractivity contribution in [1.82, 2.24) is 5.32 Å². The van der Waals surface area contributed by atoms with Gasteiger partial charge in [0, 0.05) is 15.6 Å². The van der Waals surface area contributed by atoms with Crippen molar-refractivity contribution in [2.45, 2.75) is 5.37 Å². The molecular formula is C12H8Cl2N2OS2. The van der Waals surface area contributed by atoms with Gasteiger partial charge in [0.05, 0.1) is 4.24 Å². The highest BCUT2D eigenvalue weighted by Gasteiger charge is 2.30. The Morgan fingerprint density at radius 3 is 2.58 bits per heavy atom. The van der Waals surface area contributed by atoms with E-state index in [-0.39, 0.29) is 10.9 Å². The lowest BCUT2D eigenvalue weighted by Gasteiger charge is -2.25. The molecule has 19 heavy (non-hydrogen) atoms. The number of carbonyl (C=O) groups is 1. The molecule has 0 aliphatic carbocycles. The van der Waals surface area contributed by atoms with Gasteiger partial charge in [-0.1, -0.05) is 41.0 Å². The monoisotopic (exact) mass is 330 g/mol. The number of thioether (sulfide) groups is 2. The van der Waals surface area contributed by atoms with Crippen molar-refractivity contribution in [2.24, 2.45) is 0 Å². The summed E-state index contributed by atoms with van der Waals surface area (Å²) in [5.74, 6) is -0.397. The summed E-state index contributed by atoms with van der Waals surface area (Å²) in [6, 6.07) is 7.10. The molecule has 1 atom stereocenters. The summed E-state index contributed by atoms with van der Waals surface area (Å²) in [4.78, 5) is 11.9. The lowest BCUT2D eigenvalue weighted by atomic mass is 10.2. The molecule has 0 saturated carbocycles. The molecule has 1 N–H and O–H groups in total. The number of amides is 1. The predicted octanol–water partition coefficient (Wildman–Crippen LogP) is 3.95. The van der Waals surface area contributed by atoms with E-state index in [9.17, 15) is 4.79 Å². The first-order valence-electron chi connectivity index (χ1n) is 5.18. The van der Waals surface area contributed by atoms with Crippen LogP contribution in [0, 0.1) is 11.3 Å². The fourth-order valence-electron chi connectivity index (χ4n) is 1.62. The van der Waals surface area contributed by atoms with E-state index in [2.05, 4.69) is 5.32 Å². The van der Waals surface area contributed by atoms with Crippen LogP contribution in [0.3, 0.4) is 0 Å². The molecule has 1 unspecified atom stereocenters. The van der Waals surface area contributed by atoms with Gasteiger partial charge < -0.3 is 5.32 Å². The van der Waals surface area contributed by atoms with E-state index in [0.29, 0.717) is 19.8 Å². The standard InChI is InChI=1S/C12H8Cl2N2OS2/c1-18-12-6(5-15)10(17)16-11(19-12)9-7(13)3-2-4-8(9)14/h2-4,11H,1H3,(H,16,17). The third-order valence-electron chi connectivity index (χ3n) is 2.48. The van der Waals surface area contributed by atoms with Crippen LogP contribution in [0.1, 0.15) is 10.9 Å². The van der Waals surface area contributed by atoms with Crippen molar-refractivity contribution < 1.29 is 4.79 Å². The second-order valence-electron chi connectivity index (χ2n) is 3.59. The minimum atomic E-state index is -0.397. The largest absolute Gasteiger partial charge is 0.335 e. The van der Waals surface area contributed by atoms with Crippen molar-refractivity contribution in [1.29, 1.82) is 5.26 Å².